The molecule has 1 fully saturated rings. The summed E-state index contributed by atoms with van der Waals surface area (Å²) in [6.07, 6.45) is -1.56. The molecule has 13 heavy (non-hydrogen) atoms. The van der Waals surface area contributed by atoms with Crippen LogP contribution < -0.4 is 0 Å². The lowest BCUT2D eigenvalue weighted by molar-refractivity contribution is -0.206. The van der Waals surface area contributed by atoms with Crippen molar-refractivity contribution in [3.8, 4) is 0 Å². The van der Waals surface area contributed by atoms with Gasteiger partial charge >= 0.3 is 12.1 Å². The topological polar surface area (TPSA) is 26.3 Å². The zero-order valence-electron chi connectivity index (χ0n) is 7.06. The third kappa shape index (κ3) is 3.24. The lowest BCUT2D eigenvalue weighted by Gasteiger charge is -2.22. The average molecular weight is 196 g/mol. The molecular formula is C8H11F3O2. The van der Waals surface area contributed by atoms with Gasteiger partial charge in [-0.3, -0.25) is 0 Å². The molecule has 0 radical (unpaired) electrons. The van der Waals surface area contributed by atoms with Gasteiger partial charge in [0.25, 0.3) is 0 Å². The highest BCUT2D eigenvalue weighted by Crippen LogP contribution is 2.24. The van der Waals surface area contributed by atoms with Crippen molar-refractivity contribution in [2.24, 2.45) is 0 Å². The van der Waals surface area contributed by atoms with Gasteiger partial charge in [0.2, 0.25) is 0 Å². The van der Waals surface area contributed by atoms with Crippen LogP contribution in [-0.4, -0.2) is 18.2 Å². The van der Waals surface area contributed by atoms with Gasteiger partial charge in [0.05, 0.1) is 0 Å². The second-order valence-corrected chi connectivity index (χ2v) is 3.16. The van der Waals surface area contributed by atoms with Crippen LogP contribution in [0.5, 0.6) is 0 Å². The minimum Gasteiger partial charge on any atom is -0.456 e. The first-order valence-electron chi connectivity index (χ1n) is 4.28. The Kier molecular flexibility index (Phi) is 3.17. The van der Waals surface area contributed by atoms with E-state index < -0.39 is 18.2 Å². The van der Waals surface area contributed by atoms with Gasteiger partial charge in [-0.1, -0.05) is 6.42 Å². The van der Waals surface area contributed by atoms with Crippen LogP contribution in [0.15, 0.2) is 0 Å². The first-order valence-corrected chi connectivity index (χ1v) is 4.28. The Balaban J connectivity index is 2.35. The van der Waals surface area contributed by atoms with E-state index in [2.05, 4.69) is 4.74 Å². The standard InChI is InChI=1S/C8H11F3O2/c9-8(10,11)7(12)13-6-4-2-1-3-5-6/h6H,1-5H2. The number of ether oxygens (including phenoxy) is 1. The van der Waals surface area contributed by atoms with Crippen molar-refractivity contribution < 1.29 is 22.7 Å². The number of alkyl halides is 3. The number of carbonyl (C=O) groups is 1. The van der Waals surface area contributed by atoms with Crippen molar-refractivity contribution in [1.29, 1.82) is 0 Å². The van der Waals surface area contributed by atoms with E-state index in [0.29, 0.717) is 12.8 Å². The Labute approximate surface area is 74.1 Å². The summed E-state index contributed by atoms with van der Waals surface area (Å²) in [7, 11) is 0. The Bertz CT molecular complexity index is 182. The average Bonchev–Trinajstić information content (AvgIpc) is 2.04. The number of hydrogen-bond acceptors (Lipinski definition) is 2. The van der Waals surface area contributed by atoms with Crippen LogP contribution in [0, 0.1) is 0 Å². The molecule has 0 aromatic rings. The van der Waals surface area contributed by atoms with Crippen molar-refractivity contribution in [1.82, 2.24) is 0 Å². The second kappa shape index (κ2) is 3.98. The molecule has 1 aliphatic carbocycles. The van der Waals surface area contributed by atoms with Gasteiger partial charge < -0.3 is 4.74 Å². The molecule has 0 spiro atoms. The molecule has 0 aromatic carbocycles. The van der Waals surface area contributed by atoms with Crippen LogP contribution in [0.4, 0.5) is 13.2 Å². The maximum absolute atomic E-state index is 11.7. The van der Waals surface area contributed by atoms with Crippen LogP contribution in [-0.2, 0) is 9.53 Å². The zero-order chi connectivity index (χ0) is 9.90. The first kappa shape index (κ1) is 10.3. The van der Waals surface area contributed by atoms with Crippen molar-refractivity contribution in [2.45, 2.75) is 44.4 Å². The molecule has 0 bridgehead atoms. The highest BCUT2D eigenvalue weighted by atomic mass is 19.4. The molecule has 2 nitrogen and oxygen atoms in total. The largest absolute Gasteiger partial charge is 0.490 e. The second-order valence-electron chi connectivity index (χ2n) is 3.16. The monoisotopic (exact) mass is 196 g/mol. The summed E-state index contributed by atoms with van der Waals surface area (Å²) in [6.45, 7) is 0. The summed E-state index contributed by atoms with van der Waals surface area (Å²) in [5.74, 6) is -2.06. The van der Waals surface area contributed by atoms with Gasteiger partial charge in [-0.2, -0.15) is 13.2 Å². The molecule has 0 amide bonds. The first-order chi connectivity index (χ1) is 6.00. The molecule has 1 aliphatic rings. The van der Waals surface area contributed by atoms with E-state index in [1.54, 1.807) is 0 Å². The Morgan fingerprint density at radius 3 is 2.15 bits per heavy atom. The number of esters is 1. The van der Waals surface area contributed by atoms with E-state index in [4.69, 9.17) is 0 Å². The minimum absolute atomic E-state index is 0.525. The van der Waals surface area contributed by atoms with E-state index in [-0.39, 0.29) is 0 Å². The molecule has 0 unspecified atom stereocenters. The number of rotatable bonds is 1. The molecule has 0 atom stereocenters. The van der Waals surface area contributed by atoms with Crippen LogP contribution in [0.1, 0.15) is 32.1 Å². The SMILES string of the molecule is O=C(OC1CCCCC1)C(F)(F)F. The lowest BCUT2D eigenvalue weighted by Crippen LogP contribution is -2.31. The highest BCUT2D eigenvalue weighted by Gasteiger charge is 2.42. The van der Waals surface area contributed by atoms with Gasteiger partial charge in [0.15, 0.2) is 0 Å². The third-order valence-corrected chi connectivity index (χ3v) is 2.06. The molecule has 76 valence electrons. The third-order valence-electron chi connectivity index (χ3n) is 2.06. The summed E-state index contributed by atoms with van der Waals surface area (Å²) in [6, 6.07) is 0. The van der Waals surface area contributed by atoms with E-state index in [9.17, 15) is 18.0 Å². The highest BCUT2D eigenvalue weighted by molar-refractivity contribution is 5.75. The van der Waals surface area contributed by atoms with Gasteiger partial charge in [-0.15, -0.1) is 0 Å². The van der Waals surface area contributed by atoms with E-state index in [0.717, 1.165) is 19.3 Å². The molecule has 0 saturated heterocycles. The smallest absolute Gasteiger partial charge is 0.456 e. The summed E-state index contributed by atoms with van der Waals surface area (Å²) >= 11 is 0. The number of carbonyl (C=O) groups excluding carboxylic acids is 1. The van der Waals surface area contributed by atoms with Crippen molar-refractivity contribution in [2.75, 3.05) is 0 Å². The predicted octanol–water partition coefficient (Wildman–Crippen LogP) is 2.42. The molecule has 1 saturated carbocycles. The lowest BCUT2D eigenvalue weighted by atomic mass is 9.98. The quantitative estimate of drug-likeness (QED) is 0.602. The molecular weight excluding hydrogens is 185 g/mol. The van der Waals surface area contributed by atoms with Crippen LogP contribution in [0.2, 0.25) is 0 Å². The molecule has 1 rings (SSSR count). The molecule has 0 aliphatic heterocycles. The van der Waals surface area contributed by atoms with Gasteiger partial charge in [0.1, 0.15) is 6.10 Å². The summed E-state index contributed by atoms with van der Waals surface area (Å²) in [5.41, 5.74) is 0. The fourth-order valence-corrected chi connectivity index (χ4v) is 1.40. The van der Waals surface area contributed by atoms with Crippen molar-refractivity contribution >= 4 is 5.97 Å². The van der Waals surface area contributed by atoms with Crippen molar-refractivity contribution in [3.63, 3.8) is 0 Å². The van der Waals surface area contributed by atoms with Gasteiger partial charge in [0, 0.05) is 0 Å². The predicted molar refractivity (Wildman–Crippen MR) is 39.0 cm³/mol. The van der Waals surface area contributed by atoms with Gasteiger partial charge in [-0.05, 0) is 25.7 Å². The zero-order valence-corrected chi connectivity index (χ0v) is 7.06. The summed E-state index contributed by atoms with van der Waals surface area (Å²) < 4.78 is 39.5. The van der Waals surface area contributed by atoms with Crippen LogP contribution in [0.3, 0.4) is 0 Å². The Morgan fingerprint density at radius 1 is 1.15 bits per heavy atom. The van der Waals surface area contributed by atoms with E-state index >= 15 is 0 Å². The molecule has 0 aromatic heterocycles. The van der Waals surface area contributed by atoms with Crippen molar-refractivity contribution in [3.05, 3.63) is 0 Å². The van der Waals surface area contributed by atoms with Crippen LogP contribution >= 0.6 is 0 Å². The van der Waals surface area contributed by atoms with E-state index in [1.165, 1.54) is 0 Å². The summed E-state index contributed by atoms with van der Waals surface area (Å²) in [5, 5.41) is 0. The maximum Gasteiger partial charge on any atom is 0.490 e. The Hall–Kier alpha value is -0.740. The normalized spacial score (nSPS) is 19.9. The number of hydrogen-bond donors (Lipinski definition) is 0. The summed E-state index contributed by atoms with van der Waals surface area (Å²) in [4.78, 5) is 10.4. The molecule has 0 N–H and O–H groups in total. The van der Waals surface area contributed by atoms with Crippen LogP contribution in [0.25, 0.3) is 0 Å². The number of halogens is 3. The maximum atomic E-state index is 11.7. The molecule has 0 heterocycles. The minimum atomic E-state index is -4.85. The fraction of sp³-hybridized carbons (Fsp3) is 0.875. The Morgan fingerprint density at radius 2 is 1.69 bits per heavy atom. The fourth-order valence-electron chi connectivity index (χ4n) is 1.40. The molecule has 5 heteroatoms. The van der Waals surface area contributed by atoms with Gasteiger partial charge in [-0.25, -0.2) is 4.79 Å². The van der Waals surface area contributed by atoms with E-state index in [1.807, 2.05) is 0 Å².